The predicted molar refractivity (Wildman–Crippen MR) is 101 cm³/mol. The maximum atomic E-state index is 5.87. The minimum atomic E-state index is 0.0280. The fourth-order valence-corrected chi connectivity index (χ4v) is 3.18. The average Bonchev–Trinajstić information content (AvgIpc) is 2.65. The quantitative estimate of drug-likeness (QED) is 0.863. The van der Waals surface area contributed by atoms with Gasteiger partial charge in [0.25, 0.3) is 0 Å². The average molecular weight is 358 g/mol. The molecule has 2 aromatic rings. The Hall–Kier alpha value is -2.61. The van der Waals surface area contributed by atoms with Gasteiger partial charge in [-0.2, -0.15) is 15.0 Å². The highest BCUT2D eigenvalue weighted by molar-refractivity contribution is 5.48. The minimum absolute atomic E-state index is 0.0280. The standard InChI is InChI=1S/C18H26N6O2/c1-11(16-20-17(19)22-18(21-16)23(2)3)24-7-6-12-8-14(25-4)15(26-5)9-13(12)10-24/h8-9,11H,6-7,10H2,1-5H3,(H2,19,20,21,22). The first-order chi connectivity index (χ1) is 12.4. The molecule has 26 heavy (non-hydrogen) atoms. The zero-order valence-corrected chi connectivity index (χ0v) is 16.0. The normalized spacial score (nSPS) is 15.3. The van der Waals surface area contributed by atoms with Gasteiger partial charge < -0.3 is 20.1 Å². The van der Waals surface area contributed by atoms with Crippen molar-refractivity contribution in [3.8, 4) is 11.5 Å². The molecule has 0 saturated carbocycles. The first-order valence-corrected chi connectivity index (χ1v) is 8.59. The molecule has 0 bridgehead atoms. The van der Waals surface area contributed by atoms with Gasteiger partial charge in [-0.3, -0.25) is 4.90 Å². The third-order valence-corrected chi connectivity index (χ3v) is 4.73. The summed E-state index contributed by atoms with van der Waals surface area (Å²) in [5, 5.41) is 0. The summed E-state index contributed by atoms with van der Waals surface area (Å²) in [6.07, 6.45) is 0.932. The van der Waals surface area contributed by atoms with Gasteiger partial charge in [0.05, 0.1) is 20.3 Å². The summed E-state index contributed by atoms with van der Waals surface area (Å²) in [6.45, 7) is 3.80. The molecule has 3 rings (SSSR count). The number of rotatable bonds is 5. The molecule has 2 N–H and O–H groups in total. The summed E-state index contributed by atoms with van der Waals surface area (Å²) in [7, 11) is 7.10. The second-order valence-corrected chi connectivity index (χ2v) is 6.62. The maximum Gasteiger partial charge on any atom is 0.229 e. The highest BCUT2D eigenvalue weighted by atomic mass is 16.5. The Kier molecular flexibility index (Phi) is 5.13. The van der Waals surface area contributed by atoms with E-state index in [2.05, 4.69) is 38.9 Å². The van der Waals surface area contributed by atoms with E-state index >= 15 is 0 Å². The van der Waals surface area contributed by atoms with Gasteiger partial charge in [-0.05, 0) is 36.6 Å². The van der Waals surface area contributed by atoms with Gasteiger partial charge >= 0.3 is 0 Å². The first kappa shape index (κ1) is 18.2. The molecule has 1 aromatic heterocycles. The largest absolute Gasteiger partial charge is 0.493 e. The Labute approximate surface area is 154 Å². The SMILES string of the molecule is COc1cc2c(cc1OC)CN(C(C)c1nc(N)nc(N(C)C)n1)CC2. The van der Waals surface area contributed by atoms with Crippen LogP contribution in [0.25, 0.3) is 0 Å². The summed E-state index contributed by atoms with van der Waals surface area (Å²) in [6, 6.07) is 4.15. The topological polar surface area (TPSA) is 89.6 Å². The molecule has 0 fully saturated rings. The fourth-order valence-electron chi connectivity index (χ4n) is 3.18. The lowest BCUT2D eigenvalue weighted by Crippen LogP contribution is -2.34. The highest BCUT2D eigenvalue weighted by Crippen LogP contribution is 2.35. The van der Waals surface area contributed by atoms with E-state index in [1.165, 1.54) is 11.1 Å². The van der Waals surface area contributed by atoms with E-state index in [0.717, 1.165) is 31.0 Å². The van der Waals surface area contributed by atoms with Gasteiger partial charge in [-0.1, -0.05) is 0 Å². The molecule has 1 aliphatic heterocycles. The van der Waals surface area contributed by atoms with Gasteiger partial charge in [0, 0.05) is 27.2 Å². The Balaban J connectivity index is 1.86. The van der Waals surface area contributed by atoms with Crippen molar-refractivity contribution < 1.29 is 9.47 Å². The number of ether oxygens (including phenoxy) is 2. The van der Waals surface area contributed by atoms with Crippen molar-refractivity contribution in [1.29, 1.82) is 0 Å². The van der Waals surface area contributed by atoms with Crippen LogP contribution in [-0.2, 0) is 13.0 Å². The Morgan fingerprint density at radius 3 is 2.35 bits per heavy atom. The Morgan fingerprint density at radius 1 is 1.08 bits per heavy atom. The molecule has 0 radical (unpaired) electrons. The van der Waals surface area contributed by atoms with E-state index in [-0.39, 0.29) is 12.0 Å². The van der Waals surface area contributed by atoms with Crippen LogP contribution in [0.2, 0.25) is 0 Å². The Bertz CT molecular complexity index is 795. The number of hydrogen-bond donors (Lipinski definition) is 1. The number of nitrogens with zero attached hydrogens (tertiary/aromatic N) is 5. The summed E-state index contributed by atoms with van der Waals surface area (Å²) < 4.78 is 10.9. The number of methoxy groups -OCH3 is 2. The fraction of sp³-hybridized carbons (Fsp3) is 0.500. The molecular weight excluding hydrogens is 332 g/mol. The molecule has 140 valence electrons. The molecule has 8 nitrogen and oxygen atoms in total. The number of aromatic nitrogens is 3. The molecular formula is C18H26N6O2. The summed E-state index contributed by atoms with van der Waals surface area (Å²) in [5.41, 5.74) is 8.39. The van der Waals surface area contributed by atoms with E-state index < -0.39 is 0 Å². The second kappa shape index (κ2) is 7.33. The van der Waals surface area contributed by atoms with Crippen molar-refractivity contribution in [1.82, 2.24) is 19.9 Å². The van der Waals surface area contributed by atoms with Crippen LogP contribution in [-0.4, -0.2) is 54.7 Å². The number of benzene rings is 1. The van der Waals surface area contributed by atoms with Crippen molar-refractivity contribution in [2.45, 2.75) is 25.9 Å². The van der Waals surface area contributed by atoms with Gasteiger partial charge in [0.1, 0.15) is 0 Å². The smallest absolute Gasteiger partial charge is 0.229 e. The molecule has 0 amide bonds. The van der Waals surface area contributed by atoms with Crippen molar-refractivity contribution in [2.24, 2.45) is 0 Å². The molecule has 1 aliphatic rings. The summed E-state index contributed by atoms with van der Waals surface area (Å²) in [4.78, 5) is 17.3. The van der Waals surface area contributed by atoms with Crippen molar-refractivity contribution in [3.05, 3.63) is 29.1 Å². The van der Waals surface area contributed by atoms with Crippen molar-refractivity contribution >= 4 is 11.9 Å². The van der Waals surface area contributed by atoms with E-state index in [1.807, 2.05) is 19.0 Å². The number of hydrogen-bond acceptors (Lipinski definition) is 8. The van der Waals surface area contributed by atoms with E-state index in [1.54, 1.807) is 14.2 Å². The van der Waals surface area contributed by atoms with Crippen LogP contribution in [0, 0.1) is 0 Å². The lowest BCUT2D eigenvalue weighted by molar-refractivity contribution is 0.184. The van der Waals surface area contributed by atoms with Gasteiger partial charge in [0.15, 0.2) is 17.3 Å². The summed E-state index contributed by atoms with van der Waals surface area (Å²) in [5.74, 6) is 3.02. The minimum Gasteiger partial charge on any atom is -0.493 e. The summed E-state index contributed by atoms with van der Waals surface area (Å²) >= 11 is 0. The van der Waals surface area contributed by atoms with Crippen LogP contribution < -0.4 is 20.1 Å². The van der Waals surface area contributed by atoms with E-state index in [4.69, 9.17) is 15.2 Å². The number of nitrogens with two attached hydrogens (primary N) is 1. The first-order valence-electron chi connectivity index (χ1n) is 8.59. The van der Waals surface area contributed by atoms with Crippen molar-refractivity contribution in [2.75, 3.05) is 45.5 Å². The van der Waals surface area contributed by atoms with Crippen LogP contribution in [0.1, 0.15) is 29.9 Å². The van der Waals surface area contributed by atoms with Crippen LogP contribution >= 0.6 is 0 Å². The van der Waals surface area contributed by atoms with Gasteiger partial charge in [0.2, 0.25) is 11.9 Å². The lowest BCUT2D eigenvalue weighted by Gasteiger charge is -2.33. The third kappa shape index (κ3) is 3.50. The maximum absolute atomic E-state index is 5.87. The molecule has 0 saturated heterocycles. The lowest BCUT2D eigenvalue weighted by atomic mass is 9.97. The van der Waals surface area contributed by atoms with E-state index in [9.17, 15) is 0 Å². The van der Waals surface area contributed by atoms with Crippen LogP contribution in [0.15, 0.2) is 12.1 Å². The van der Waals surface area contributed by atoms with Gasteiger partial charge in [-0.25, -0.2) is 0 Å². The third-order valence-electron chi connectivity index (χ3n) is 4.73. The zero-order valence-electron chi connectivity index (χ0n) is 16.0. The van der Waals surface area contributed by atoms with Crippen molar-refractivity contribution in [3.63, 3.8) is 0 Å². The molecule has 0 aliphatic carbocycles. The molecule has 1 unspecified atom stereocenters. The van der Waals surface area contributed by atoms with Crippen LogP contribution in [0.5, 0.6) is 11.5 Å². The number of nitrogen functional groups attached to an aromatic ring is 1. The molecule has 1 aromatic carbocycles. The van der Waals surface area contributed by atoms with E-state index in [0.29, 0.717) is 11.8 Å². The molecule has 8 heteroatoms. The number of fused-ring (bicyclic) bond motifs is 1. The monoisotopic (exact) mass is 358 g/mol. The zero-order chi connectivity index (χ0) is 18.8. The molecule has 1 atom stereocenters. The molecule has 0 spiro atoms. The molecule has 2 heterocycles. The van der Waals surface area contributed by atoms with Crippen LogP contribution in [0.4, 0.5) is 11.9 Å². The second-order valence-electron chi connectivity index (χ2n) is 6.62. The Morgan fingerprint density at radius 2 is 1.73 bits per heavy atom. The van der Waals surface area contributed by atoms with Crippen LogP contribution in [0.3, 0.4) is 0 Å². The highest BCUT2D eigenvalue weighted by Gasteiger charge is 2.26. The number of anilines is 2. The predicted octanol–water partition coefficient (Wildman–Crippen LogP) is 1.66. The van der Waals surface area contributed by atoms with Gasteiger partial charge in [-0.15, -0.1) is 0 Å².